The lowest BCUT2D eigenvalue weighted by molar-refractivity contribution is 0.0521. The van der Waals surface area contributed by atoms with Gasteiger partial charge in [0.2, 0.25) is 0 Å². The molecule has 1 aromatic heterocycles. The topological polar surface area (TPSA) is 92.7 Å². The molecular weight excluding hydrogens is 528 g/mol. The number of hydrogen-bond donors (Lipinski definition) is 3. The average Bonchev–Trinajstić information content (AvgIpc) is 3.40. The molecule has 204 valence electrons. The van der Waals surface area contributed by atoms with E-state index in [1.165, 1.54) is 13.1 Å². The minimum atomic E-state index is -0.979. The normalized spacial score (nSPS) is 22.4. The molecule has 2 fully saturated rings. The van der Waals surface area contributed by atoms with Crippen LogP contribution in [0.1, 0.15) is 40.7 Å². The first-order valence-electron chi connectivity index (χ1n) is 13.0. The first-order valence-corrected chi connectivity index (χ1v) is 13.3. The molecule has 2 aromatic carbocycles. The highest BCUT2D eigenvalue weighted by Crippen LogP contribution is 2.58. The second-order valence-electron chi connectivity index (χ2n) is 10.5. The highest BCUT2D eigenvalue weighted by atomic mass is 35.5. The fourth-order valence-corrected chi connectivity index (χ4v) is 6.27. The molecule has 1 saturated carbocycles. The van der Waals surface area contributed by atoms with Gasteiger partial charge in [0.1, 0.15) is 18.2 Å². The van der Waals surface area contributed by atoms with Crippen LogP contribution in [0.5, 0.6) is 11.6 Å². The summed E-state index contributed by atoms with van der Waals surface area (Å²) in [5, 5.41) is 15.0. The number of aliphatic hydroxyl groups is 1. The van der Waals surface area contributed by atoms with E-state index in [2.05, 4.69) is 15.6 Å². The second-order valence-corrected chi connectivity index (χ2v) is 10.9. The number of aliphatic hydroxyl groups excluding tert-OH is 1. The number of fused-ring (bicyclic) bond motifs is 1. The number of benzene rings is 2. The van der Waals surface area contributed by atoms with Crippen LogP contribution in [0.3, 0.4) is 0 Å². The largest absolute Gasteiger partial charge is 0.480 e. The minimum absolute atomic E-state index is 0.0240. The number of halogens is 3. The van der Waals surface area contributed by atoms with Crippen molar-refractivity contribution >= 4 is 17.5 Å². The molecule has 0 bridgehead atoms. The summed E-state index contributed by atoms with van der Waals surface area (Å²) < 4.78 is 43.4. The Kier molecular flexibility index (Phi) is 6.48. The molecule has 1 saturated heterocycles. The zero-order valence-corrected chi connectivity index (χ0v) is 22.1. The highest BCUT2D eigenvalue weighted by Gasteiger charge is 2.57. The van der Waals surface area contributed by atoms with Crippen molar-refractivity contribution in [2.45, 2.75) is 37.3 Å². The van der Waals surface area contributed by atoms with Crippen molar-refractivity contribution in [3.8, 4) is 22.8 Å². The van der Waals surface area contributed by atoms with Gasteiger partial charge in [-0.2, -0.15) is 0 Å². The third-order valence-electron chi connectivity index (χ3n) is 8.20. The number of rotatable bonds is 7. The van der Waals surface area contributed by atoms with Gasteiger partial charge in [-0.1, -0.05) is 41.9 Å². The molecule has 3 aliphatic rings. The Labute approximate surface area is 229 Å². The van der Waals surface area contributed by atoms with E-state index in [0.29, 0.717) is 5.56 Å². The molecule has 7 nitrogen and oxygen atoms in total. The molecule has 1 amide bonds. The maximum absolute atomic E-state index is 16.1. The quantitative estimate of drug-likeness (QED) is 0.401. The van der Waals surface area contributed by atoms with Crippen LogP contribution in [-0.4, -0.2) is 48.8 Å². The predicted octanol–water partition coefficient (Wildman–Crippen LogP) is 4.38. The summed E-state index contributed by atoms with van der Waals surface area (Å²) >= 11 is 6.57. The standard InChI is InChI=1S/C29H28ClF2N3O4/c1-33-26(37)18-14-34-27(38-10-9-36)25(32)23(18)22-17-12-29(16-5-3-2-4-6-16,21-13-28(7-8-28)15-35-21)39-20(17)11-19(31)24(22)30/h2-6,11,14,21,35-36H,7-10,12-13,15H2,1H3,(H,33,37)/t21-,29-/m0/s1. The van der Waals surface area contributed by atoms with Gasteiger partial charge in [0.05, 0.1) is 23.2 Å². The zero-order chi connectivity index (χ0) is 27.4. The number of nitrogens with zero attached hydrogens (tertiary/aromatic N) is 1. The third kappa shape index (κ3) is 4.23. The fourth-order valence-electron chi connectivity index (χ4n) is 6.01. The third-order valence-corrected chi connectivity index (χ3v) is 8.57. The summed E-state index contributed by atoms with van der Waals surface area (Å²) in [5.74, 6) is -2.59. The zero-order valence-electron chi connectivity index (χ0n) is 21.3. The molecule has 6 rings (SSSR count). The lowest BCUT2D eigenvalue weighted by atomic mass is 9.79. The van der Waals surface area contributed by atoms with Gasteiger partial charge in [-0.25, -0.2) is 13.8 Å². The molecule has 3 N–H and O–H groups in total. The van der Waals surface area contributed by atoms with Gasteiger partial charge in [-0.15, -0.1) is 0 Å². The fraction of sp³-hybridized carbons (Fsp3) is 0.379. The van der Waals surface area contributed by atoms with Crippen LogP contribution < -0.4 is 20.1 Å². The number of pyridine rings is 1. The van der Waals surface area contributed by atoms with Crippen LogP contribution >= 0.6 is 11.6 Å². The number of nitrogens with one attached hydrogen (secondary N) is 2. The molecule has 0 unspecified atom stereocenters. The maximum atomic E-state index is 16.1. The van der Waals surface area contributed by atoms with E-state index in [4.69, 9.17) is 21.1 Å². The molecule has 1 aliphatic carbocycles. The van der Waals surface area contributed by atoms with Crippen molar-refractivity contribution in [1.29, 1.82) is 0 Å². The number of amides is 1. The molecule has 3 heterocycles. The Hall–Kier alpha value is -3.27. The number of carbonyl (C=O) groups is 1. The van der Waals surface area contributed by atoms with Crippen molar-refractivity contribution in [3.05, 3.63) is 75.9 Å². The van der Waals surface area contributed by atoms with Crippen molar-refractivity contribution in [3.63, 3.8) is 0 Å². The van der Waals surface area contributed by atoms with Gasteiger partial charge in [-0.3, -0.25) is 4.79 Å². The van der Waals surface area contributed by atoms with Crippen LogP contribution in [0.15, 0.2) is 42.6 Å². The number of carbonyl (C=O) groups excluding carboxylic acids is 1. The maximum Gasteiger partial charge on any atom is 0.253 e. The van der Waals surface area contributed by atoms with Crippen LogP contribution in [0.4, 0.5) is 8.78 Å². The Balaban J connectivity index is 1.55. The smallest absolute Gasteiger partial charge is 0.253 e. The summed E-state index contributed by atoms with van der Waals surface area (Å²) in [7, 11) is 1.40. The van der Waals surface area contributed by atoms with E-state index >= 15 is 8.78 Å². The minimum Gasteiger partial charge on any atom is -0.480 e. The molecule has 39 heavy (non-hydrogen) atoms. The van der Waals surface area contributed by atoms with Gasteiger partial charge in [0, 0.05) is 49.0 Å². The van der Waals surface area contributed by atoms with E-state index in [0.717, 1.165) is 37.6 Å². The molecule has 1 spiro atoms. The number of ether oxygens (including phenoxy) is 2. The van der Waals surface area contributed by atoms with E-state index in [1.54, 1.807) is 0 Å². The molecule has 2 aliphatic heterocycles. The van der Waals surface area contributed by atoms with E-state index < -0.39 is 29.0 Å². The first-order chi connectivity index (χ1) is 18.8. The number of aromatic nitrogens is 1. The summed E-state index contributed by atoms with van der Waals surface area (Å²) in [4.78, 5) is 16.8. The van der Waals surface area contributed by atoms with Crippen LogP contribution in [-0.2, 0) is 12.0 Å². The first kappa shape index (κ1) is 26.0. The molecule has 2 atom stereocenters. The summed E-state index contributed by atoms with van der Waals surface area (Å²) in [5.41, 5.74) is 0.418. The van der Waals surface area contributed by atoms with Gasteiger partial charge >= 0.3 is 0 Å². The SMILES string of the molecule is CNC(=O)c1cnc(OCCO)c(F)c1-c1c(Cl)c(F)cc2c1C[C@](c1ccccc1)([C@@H]1CC3(CC3)CN1)O2. The monoisotopic (exact) mass is 555 g/mol. The summed E-state index contributed by atoms with van der Waals surface area (Å²) in [6, 6.07) is 10.9. The average molecular weight is 556 g/mol. The van der Waals surface area contributed by atoms with E-state index in [-0.39, 0.29) is 58.6 Å². The van der Waals surface area contributed by atoms with Crippen molar-refractivity contribution in [2.75, 3.05) is 26.8 Å². The lowest BCUT2D eigenvalue weighted by Gasteiger charge is -2.35. The second kappa shape index (κ2) is 9.73. The Morgan fingerprint density at radius 1 is 1.28 bits per heavy atom. The molecule has 10 heteroatoms. The summed E-state index contributed by atoms with van der Waals surface area (Å²) in [6.07, 6.45) is 4.63. The molecule has 0 radical (unpaired) electrons. The van der Waals surface area contributed by atoms with Crippen LogP contribution in [0, 0.1) is 17.0 Å². The van der Waals surface area contributed by atoms with Gasteiger partial charge in [0.15, 0.2) is 11.4 Å². The molecule has 3 aromatic rings. The van der Waals surface area contributed by atoms with Gasteiger partial charge in [-0.05, 0) is 30.2 Å². The summed E-state index contributed by atoms with van der Waals surface area (Å²) in [6.45, 7) is 0.291. The predicted molar refractivity (Wildman–Crippen MR) is 141 cm³/mol. The Morgan fingerprint density at radius 2 is 2.05 bits per heavy atom. The lowest BCUT2D eigenvalue weighted by Crippen LogP contribution is -2.48. The Morgan fingerprint density at radius 3 is 2.72 bits per heavy atom. The van der Waals surface area contributed by atoms with Crippen LogP contribution in [0.25, 0.3) is 11.1 Å². The van der Waals surface area contributed by atoms with Gasteiger partial charge < -0.3 is 25.2 Å². The van der Waals surface area contributed by atoms with Gasteiger partial charge in [0.25, 0.3) is 11.8 Å². The van der Waals surface area contributed by atoms with Crippen molar-refractivity contribution in [1.82, 2.24) is 15.6 Å². The molecular formula is C29H28ClF2N3O4. The van der Waals surface area contributed by atoms with Crippen LogP contribution in [0.2, 0.25) is 5.02 Å². The van der Waals surface area contributed by atoms with E-state index in [1.807, 2.05) is 30.3 Å². The van der Waals surface area contributed by atoms with Crippen molar-refractivity contribution in [2.24, 2.45) is 5.41 Å². The van der Waals surface area contributed by atoms with Crippen molar-refractivity contribution < 1.29 is 28.2 Å². The highest BCUT2D eigenvalue weighted by molar-refractivity contribution is 6.34. The van der Waals surface area contributed by atoms with E-state index in [9.17, 15) is 9.90 Å². The Bertz CT molecular complexity index is 1450. The number of hydrogen-bond acceptors (Lipinski definition) is 6.